The largest absolute Gasteiger partial charge is 0.465 e. The van der Waals surface area contributed by atoms with Crippen LogP contribution in [0.5, 0.6) is 0 Å². The predicted octanol–water partition coefficient (Wildman–Crippen LogP) is 1.51. The topological polar surface area (TPSA) is 41.6 Å². The van der Waals surface area contributed by atoms with E-state index in [0.29, 0.717) is 11.6 Å². The van der Waals surface area contributed by atoms with Gasteiger partial charge >= 0.3 is 5.97 Å². The number of hydrogen-bond acceptors (Lipinski definition) is 4. The average molecular weight is 274 g/mol. The van der Waals surface area contributed by atoms with E-state index in [4.69, 9.17) is 4.74 Å². The molecule has 0 spiro atoms. The number of fused-ring (bicyclic) bond motifs is 1. The molecule has 1 aromatic carbocycles. The van der Waals surface area contributed by atoms with Gasteiger partial charge in [-0.15, -0.1) is 0 Å². The molecule has 2 aliphatic heterocycles. The van der Waals surface area contributed by atoms with E-state index < -0.39 is 0 Å². The Hall–Kier alpha value is -1.39. The maximum atomic E-state index is 11.6. The van der Waals surface area contributed by atoms with Crippen LogP contribution in [-0.2, 0) is 11.3 Å². The Morgan fingerprint density at radius 1 is 1.45 bits per heavy atom. The van der Waals surface area contributed by atoms with E-state index in [9.17, 15) is 4.79 Å². The second-order valence-electron chi connectivity index (χ2n) is 5.94. The summed E-state index contributed by atoms with van der Waals surface area (Å²) in [5, 5.41) is 3.48. The normalized spacial score (nSPS) is 29.4. The minimum absolute atomic E-state index is 0.262. The van der Waals surface area contributed by atoms with Crippen molar-refractivity contribution in [2.75, 3.05) is 26.7 Å². The molecule has 3 rings (SSSR count). The van der Waals surface area contributed by atoms with E-state index in [0.717, 1.165) is 38.0 Å². The van der Waals surface area contributed by atoms with Crippen molar-refractivity contribution in [2.45, 2.75) is 19.5 Å². The summed E-state index contributed by atoms with van der Waals surface area (Å²) in [5.74, 6) is 1.30. The van der Waals surface area contributed by atoms with Gasteiger partial charge in [-0.2, -0.15) is 0 Å². The average Bonchev–Trinajstić information content (AvgIpc) is 3.03. The third-order valence-corrected chi connectivity index (χ3v) is 4.79. The number of rotatable bonds is 3. The number of benzene rings is 1. The van der Waals surface area contributed by atoms with Crippen molar-refractivity contribution in [3.05, 3.63) is 35.4 Å². The number of carbonyl (C=O) groups is 1. The van der Waals surface area contributed by atoms with Gasteiger partial charge in [-0.05, 0) is 49.5 Å². The molecule has 108 valence electrons. The zero-order chi connectivity index (χ0) is 14.1. The van der Waals surface area contributed by atoms with Crippen LogP contribution in [0.2, 0.25) is 0 Å². The molecule has 4 nitrogen and oxygen atoms in total. The molecule has 0 radical (unpaired) electrons. The molecule has 1 N–H and O–H groups in total. The van der Waals surface area contributed by atoms with Crippen molar-refractivity contribution in [3.63, 3.8) is 0 Å². The number of esters is 1. The Morgan fingerprint density at radius 2 is 2.30 bits per heavy atom. The summed E-state index contributed by atoms with van der Waals surface area (Å²) in [5.41, 5.74) is 1.83. The Labute approximate surface area is 120 Å². The third-order valence-electron chi connectivity index (χ3n) is 4.79. The Bertz CT molecular complexity index is 503. The smallest absolute Gasteiger partial charge is 0.337 e. The summed E-state index contributed by atoms with van der Waals surface area (Å²) >= 11 is 0. The standard InChI is InChI=1S/C16H22N2O2/c1-11-15-8-17-7-14(15)10-18(11)9-12-4-3-5-13(6-12)16(19)20-2/h3-6,11,14-15,17H,7-10H2,1-2H3. The molecule has 2 fully saturated rings. The first-order valence-electron chi connectivity index (χ1n) is 7.31. The number of nitrogens with zero attached hydrogens (tertiary/aromatic N) is 1. The van der Waals surface area contributed by atoms with Crippen molar-refractivity contribution < 1.29 is 9.53 Å². The SMILES string of the molecule is COC(=O)c1cccc(CN2CC3CNCC3C2C)c1. The first-order chi connectivity index (χ1) is 9.69. The van der Waals surface area contributed by atoms with Crippen molar-refractivity contribution in [1.82, 2.24) is 10.2 Å². The number of hydrogen-bond donors (Lipinski definition) is 1. The van der Waals surface area contributed by atoms with Crippen molar-refractivity contribution >= 4 is 5.97 Å². The summed E-state index contributed by atoms with van der Waals surface area (Å²) < 4.78 is 4.78. The van der Waals surface area contributed by atoms with E-state index in [1.165, 1.54) is 12.7 Å². The molecule has 0 bridgehead atoms. The number of nitrogens with one attached hydrogen (secondary N) is 1. The van der Waals surface area contributed by atoms with Gasteiger partial charge in [-0.25, -0.2) is 4.79 Å². The highest BCUT2D eigenvalue weighted by atomic mass is 16.5. The summed E-state index contributed by atoms with van der Waals surface area (Å²) in [6.45, 7) is 6.68. The van der Waals surface area contributed by atoms with Gasteiger partial charge in [-0.1, -0.05) is 12.1 Å². The monoisotopic (exact) mass is 274 g/mol. The lowest BCUT2D eigenvalue weighted by Crippen LogP contribution is -2.32. The second kappa shape index (κ2) is 5.54. The van der Waals surface area contributed by atoms with E-state index in [2.05, 4.69) is 23.2 Å². The van der Waals surface area contributed by atoms with E-state index in [-0.39, 0.29) is 5.97 Å². The molecular weight excluding hydrogens is 252 g/mol. The number of ether oxygens (including phenoxy) is 1. The molecular formula is C16H22N2O2. The molecule has 20 heavy (non-hydrogen) atoms. The van der Waals surface area contributed by atoms with E-state index in [1.54, 1.807) is 6.07 Å². The maximum absolute atomic E-state index is 11.6. The molecule has 0 aliphatic carbocycles. The summed E-state index contributed by atoms with van der Waals surface area (Å²) in [6.07, 6.45) is 0. The summed E-state index contributed by atoms with van der Waals surface area (Å²) in [6, 6.07) is 8.39. The fourth-order valence-corrected chi connectivity index (χ4v) is 3.61. The number of carbonyl (C=O) groups excluding carboxylic acids is 1. The fourth-order valence-electron chi connectivity index (χ4n) is 3.61. The van der Waals surface area contributed by atoms with E-state index in [1.807, 2.05) is 12.1 Å². The lowest BCUT2D eigenvalue weighted by Gasteiger charge is -2.24. The first kappa shape index (κ1) is 13.6. The molecule has 0 amide bonds. The molecule has 3 unspecified atom stereocenters. The highest BCUT2D eigenvalue weighted by Gasteiger charge is 2.41. The molecule has 2 aliphatic rings. The lowest BCUT2D eigenvalue weighted by molar-refractivity contribution is 0.0600. The fraction of sp³-hybridized carbons (Fsp3) is 0.562. The van der Waals surface area contributed by atoms with Gasteiger partial charge in [0.25, 0.3) is 0 Å². The van der Waals surface area contributed by atoms with Crippen molar-refractivity contribution in [1.29, 1.82) is 0 Å². The van der Waals surface area contributed by atoms with Gasteiger partial charge in [0, 0.05) is 19.1 Å². The molecule has 2 heterocycles. The van der Waals surface area contributed by atoms with Crippen LogP contribution in [-0.4, -0.2) is 43.7 Å². The van der Waals surface area contributed by atoms with Crippen LogP contribution in [0.1, 0.15) is 22.8 Å². The molecule has 3 atom stereocenters. The van der Waals surface area contributed by atoms with Gasteiger partial charge in [0.15, 0.2) is 0 Å². The molecule has 1 aromatic rings. The third kappa shape index (κ3) is 2.45. The lowest BCUT2D eigenvalue weighted by atomic mass is 9.95. The van der Waals surface area contributed by atoms with Crippen LogP contribution in [0.4, 0.5) is 0 Å². The van der Waals surface area contributed by atoms with Gasteiger partial charge < -0.3 is 10.1 Å². The van der Waals surface area contributed by atoms with Crippen LogP contribution in [0.3, 0.4) is 0 Å². The second-order valence-corrected chi connectivity index (χ2v) is 5.94. The molecule has 0 aromatic heterocycles. The van der Waals surface area contributed by atoms with E-state index >= 15 is 0 Å². The summed E-state index contributed by atoms with van der Waals surface area (Å²) in [7, 11) is 1.42. The van der Waals surface area contributed by atoms with Crippen LogP contribution < -0.4 is 5.32 Å². The zero-order valence-corrected chi connectivity index (χ0v) is 12.1. The molecule has 0 saturated carbocycles. The van der Waals surface area contributed by atoms with Crippen LogP contribution in [0.15, 0.2) is 24.3 Å². The Balaban J connectivity index is 1.70. The van der Waals surface area contributed by atoms with Crippen molar-refractivity contribution in [2.24, 2.45) is 11.8 Å². The van der Waals surface area contributed by atoms with Crippen LogP contribution >= 0.6 is 0 Å². The minimum Gasteiger partial charge on any atom is -0.465 e. The Kier molecular flexibility index (Phi) is 3.76. The summed E-state index contributed by atoms with van der Waals surface area (Å²) in [4.78, 5) is 14.1. The predicted molar refractivity (Wildman–Crippen MR) is 77.5 cm³/mol. The van der Waals surface area contributed by atoms with Gasteiger partial charge in [-0.3, -0.25) is 4.90 Å². The Morgan fingerprint density at radius 3 is 3.05 bits per heavy atom. The molecule has 4 heteroatoms. The first-order valence-corrected chi connectivity index (χ1v) is 7.31. The van der Waals surface area contributed by atoms with Crippen molar-refractivity contribution in [3.8, 4) is 0 Å². The zero-order valence-electron chi connectivity index (χ0n) is 12.1. The minimum atomic E-state index is -0.262. The quantitative estimate of drug-likeness (QED) is 0.848. The van der Waals surface area contributed by atoms with Crippen LogP contribution in [0.25, 0.3) is 0 Å². The van der Waals surface area contributed by atoms with Gasteiger partial charge in [0.2, 0.25) is 0 Å². The maximum Gasteiger partial charge on any atom is 0.337 e. The number of methoxy groups -OCH3 is 1. The number of likely N-dealkylation sites (tertiary alicyclic amines) is 1. The highest BCUT2D eigenvalue weighted by Crippen LogP contribution is 2.33. The molecule has 2 saturated heterocycles. The van der Waals surface area contributed by atoms with Gasteiger partial charge in [0.05, 0.1) is 12.7 Å². The highest BCUT2D eigenvalue weighted by molar-refractivity contribution is 5.89. The van der Waals surface area contributed by atoms with Crippen LogP contribution in [0, 0.1) is 11.8 Å². The van der Waals surface area contributed by atoms with Gasteiger partial charge in [0.1, 0.15) is 0 Å².